The van der Waals surface area contributed by atoms with Crippen molar-refractivity contribution in [3.8, 4) is 66.8 Å². The van der Waals surface area contributed by atoms with Crippen molar-refractivity contribution in [2.24, 2.45) is 0 Å². The fraction of sp³-hybridized carbons (Fsp3) is 0.0645. The molecule has 0 heterocycles. The van der Waals surface area contributed by atoms with Gasteiger partial charge in [-0.1, -0.05) is 145 Å². The fourth-order valence-electron chi connectivity index (χ4n) is 11.8. The Bertz CT molecular complexity index is 3800. The molecule has 0 unspecified atom stereocenters. The van der Waals surface area contributed by atoms with E-state index in [0.717, 1.165) is 0 Å². The molecular weight excluding hydrogens is 745 g/mol. The summed E-state index contributed by atoms with van der Waals surface area (Å²) in [6.07, 6.45) is 0. The van der Waals surface area contributed by atoms with Crippen molar-refractivity contribution in [2.75, 3.05) is 0 Å². The summed E-state index contributed by atoms with van der Waals surface area (Å²) in [5.74, 6) is 0. The highest BCUT2D eigenvalue weighted by Crippen LogP contribution is 2.54. The van der Waals surface area contributed by atoms with Crippen LogP contribution in [0.4, 0.5) is 0 Å². The van der Waals surface area contributed by atoms with Crippen LogP contribution < -0.4 is 0 Å². The number of rotatable bonds is 2. The molecule has 0 saturated carbocycles. The first-order chi connectivity index (χ1) is 30.4. The van der Waals surface area contributed by atoms with E-state index >= 15 is 0 Å². The van der Waals surface area contributed by atoms with Gasteiger partial charge in [-0.3, -0.25) is 0 Å². The zero-order chi connectivity index (χ0) is 41.1. The van der Waals surface area contributed by atoms with E-state index in [1.54, 1.807) is 0 Å². The molecule has 0 N–H and O–H groups in total. The predicted molar refractivity (Wildman–Crippen MR) is 268 cm³/mol. The van der Waals surface area contributed by atoms with Crippen molar-refractivity contribution in [1.82, 2.24) is 0 Å². The summed E-state index contributed by atoms with van der Waals surface area (Å²) in [4.78, 5) is 0. The molecule has 288 valence electrons. The maximum atomic E-state index is 2.48. The van der Waals surface area contributed by atoms with Gasteiger partial charge >= 0.3 is 0 Å². The molecule has 62 heavy (non-hydrogen) atoms. The Morgan fingerprint density at radius 3 is 1.08 bits per heavy atom. The van der Waals surface area contributed by atoms with Crippen molar-refractivity contribution >= 4 is 75.4 Å². The SMILES string of the molecule is Cc1ccc2c(c1)c(-c1ccc3cc(-c4cc5c6ccc(C)c7c6c(cc5c5ccc(C)cc45)-c4ccccc4-7)ccc3c1)cc1c3ccc(C)c4c3c(cc21)-c1ccccc1-4. The van der Waals surface area contributed by atoms with Gasteiger partial charge in [0.05, 0.1) is 0 Å². The normalized spacial score (nSPS) is 12.5. The van der Waals surface area contributed by atoms with Gasteiger partial charge in [0, 0.05) is 0 Å². The van der Waals surface area contributed by atoms with E-state index < -0.39 is 0 Å². The van der Waals surface area contributed by atoms with E-state index in [4.69, 9.17) is 0 Å². The van der Waals surface area contributed by atoms with Crippen molar-refractivity contribution in [3.63, 3.8) is 0 Å². The molecule has 2 aliphatic rings. The highest BCUT2D eigenvalue weighted by atomic mass is 14.3. The van der Waals surface area contributed by atoms with Crippen molar-refractivity contribution < 1.29 is 0 Å². The minimum Gasteiger partial charge on any atom is -0.0616 e. The average Bonchev–Trinajstić information content (AvgIpc) is 3.82. The van der Waals surface area contributed by atoms with Gasteiger partial charge in [-0.2, -0.15) is 0 Å². The summed E-state index contributed by atoms with van der Waals surface area (Å²) in [6, 6.07) is 65.4. The Morgan fingerprint density at radius 2 is 0.629 bits per heavy atom. The fourth-order valence-corrected chi connectivity index (χ4v) is 11.8. The van der Waals surface area contributed by atoms with Gasteiger partial charge in [0.1, 0.15) is 0 Å². The van der Waals surface area contributed by atoms with Crippen LogP contribution in [0.3, 0.4) is 0 Å². The lowest BCUT2D eigenvalue weighted by molar-refractivity contribution is 1.51. The first-order valence-corrected chi connectivity index (χ1v) is 22.0. The van der Waals surface area contributed by atoms with Crippen molar-refractivity contribution in [3.05, 3.63) is 192 Å². The minimum atomic E-state index is 1.25. The molecule has 0 nitrogen and oxygen atoms in total. The lowest BCUT2D eigenvalue weighted by atomic mass is 9.86. The molecule has 0 radical (unpaired) electrons. The lowest BCUT2D eigenvalue weighted by Crippen LogP contribution is -1.90. The number of benzene rings is 12. The molecule has 0 amide bonds. The van der Waals surface area contributed by atoms with Gasteiger partial charge in [0.25, 0.3) is 0 Å². The first-order valence-electron chi connectivity index (χ1n) is 22.0. The molecule has 0 bridgehead atoms. The summed E-state index contributed by atoms with van der Waals surface area (Å²) in [6.45, 7) is 8.95. The molecule has 14 rings (SSSR count). The zero-order valence-electron chi connectivity index (χ0n) is 35.2. The summed E-state index contributed by atoms with van der Waals surface area (Å²) in [5.41, 5.74) is 21.2. The van der Waals surface area contributed by atoms with E-state index in [9.17, 15) is 0 Å². The monoisotopic (exact) mass is 784 g/mol. The maximum absolute atomic E-state index is 2.48. The van der Waals surface area contributed by atoms with Crippen LogP contribution in [-0.2, 0) is 0 Å². The molecule has 0 heteroatoms. The standard InChI is InChI=1S/C62H40/c1-33-13-21-43-51(25-33)49(29-55-47-23-15-35(3)59-45-11-7-5-9-41(45)57(61(47)59)31-53(43)55)39-19-17-38-28-40(20-18-37(38)27-39)50-30-56-48-24-16-36(4)60-46-12-8-6-10-42(46)58(62(48)60)32-54(56)44-22-14-34(2)26-52(44)50/h5-32H,1-4H3. The molecule has 12 aromatic rings. The Kier molecular flexibility index (Phi) is 6.65. The van der Waals surface area contributed by atoms with Crippen LogP contribution >= 0.6 is 0 Å². The van der Waals surface area contributed by atoms with Gasteiger partial charge in [-0.05, 0) is 217 Å². The summed E-state index contributed by atoms with van der Waals surface area (Å²) < 4.78 is 0. The Morgan fingerprint density at radius 1 is 0.242 bits per heavy atom. The highest BCUT2D eigenvalue weighted by Gasteiger charge is 2.27. The number of aryl methyl sites for hydroxylation is 4. The van der Waals surface area contributed by atoms with Crippen LogP contribution in [0.25, 0.3) is 142 Å². The van der Waals surface area contributed by atoms with Gasteiger partial charge in [-0.15, -0.1) is 0 Å². The third kappa shape index (κ3) is 4.46. The summed E-state index contributed by atoms with van der Waals surface area (Å²) >= 11 is 0. The second kappa shape index (κ2) is 12.1. The maximum Gasteiger partial charge on any atom is -0.00172 e. The molecule has 0 fully saturated rings. The molecule has 0 atom stereocenters. The molecule has 2 aliphatic carbocycles. The van der Waals surface area contributed by atoms with Crippen LogP contribution in [0.1, 0.15) is 22.3 Å². The van der Waals surface area contributed by atoms with Gasteiger partial charge in [0.15, 0.2) is 0 Å². The summed E-state index contributed by atoms with van der Waals surface area (Å²) in [5, 5.41) is 18.5. The predicted octanol–water partition coefficient (Wildman–Crippen LogP) is 17.6. The average molecular weight is 785 g/mol. The van der Waals surface area contributed by atoms with Crippen LogP contribution in [0.5, 0.6) is 0 Å². The van der Waals surface area contributed by atoms with E-state index in [-0.39, 0.29) is 0 Å². The number of hydrogen-bond acceptors (Lipinski definition) is 0. The molecular formula is C62H40. The Hall–Kier alpha value is -7.54. The quantitative estimate of drug-likeness (QED) is 0.153. The van der Waals surface area contributed by atoms with E-state index in [1.807, 2.05) is 0 Å². The topological polar surface area (TPSA) is 0 Å². The smallest absolute Gasteiger partial charge is 0.00172 e. The Labute approximate surface area is 360 Å². The molecule has 0 spiro atoms. The largest absolute Gasteiger partial charge is 0.0616 e. The van der Waals surface area contributed by atoms with Gasteiger partial charge in [-0.25, -0.2) is 0 Å². The second-order valence-corrected chi connectivity index (χ2v) is 18.2. The molecule has 12 aromatic carbocycles. The van der Waals surface area contributed by atoms with Crippen molar-refractivity contribution in [2.45, 2.75) is 27.7 Å². The minimum absolute atomic E-state index is 1.25. The molecule has 0 aromatic heterocycles. The third-order valence-corrected chi connectivity index (χ3v) is 14.6. The van der Waals surface area contributed by atoms with Crippen LogP contribution in [0, 0.1) is 27.7 Å². The molecule has 0 saturated heterocycles. The van der Waals surface area contributed by atoms with Crippen LogP contribution in [0.2, 0.25) is 0 Å². The van der Waals surface area contributed by atoms with E-state index in [0.29, 0.717) is 0 Å². The summed E-state index contributed by atoms with van der Waals surface area (Å²) in [7, 11) is 0. The lowest BCUT2D eigenvalue weighted by Gasteiger charge is -2.17. The first kappa shape index (κ1) is 34.2. The van der Waals surface area contributed by atoms with Crippen LogP contribution in [-0.4, -0.2) is 0 Å². The molecule has 0 aliphatic heterocycles. The van der Waals surface area contributed by atoms with Gasteiger partial charge < -0.3 is 0 Å². The Balaban J connectivity index is 0.970. The van der Waals surface area contributed by atoms with Crippen LogP contribution in [0.15, 0.2) is 170 Å². The number of hydrogen-bond donors (Lipinski definition) is 0. The van der Waals surface area contributed by atoms with E-state index in [1.165, 1.54) is 164 Å². The van der Waals surface area contributed by atoms with Crippen molar-refractivity contribution in [1.29, 1.82) is 0 Å². The zero-order valence-corrected chi connectivity index (χ0v) is 35.2. The highest BCUT2D eigenvalue weighted by molar-refractivity contribution is 6.31. The number of fused-ring (bicyclic) bond motifs is 15. The second-order valence-electron chi connectivity index (χ2n) is 18.2. The van der Waals surface area contributed by atoms with E-state index in [2.05, 4.69) is 198 Å². The third-order valence-electron chi connectivity index (χ3n) is 14.6. The van der Waals surface area contributed by atoms with Gasteiger partial charge in [0.2, 0.25) is 0 Å².